The zero-order valence-corrected chi connectivity index (χ0v) is 13.4. The summed E-state index contributed by atoms with van der Waals surface area (Å²) < 4.78 is 6.09. The van der Waals surface area contributed by atoms with Gasteiger partial charge in [-0.2, -0.15) is 4.98 Å². The van der Waals surface area contributed by atoms with Gasteiger partial charge in [-0.25, -0.2) is 0 Å². The predicted octanol–water partition coefficient (Wildman–Crippen LogP) is 4.71. The van der Waals surface area contributed by atoms with Gasteiger partial charge < -0.3 is 10.3 Å². The van der Waals surface area contributed by atoms with E-state index in [9.17, 15) is 0 Å². The molecule has 0 atom stereocenters. The molecule has 1 heterocycles. The van der Waals surface area contributed by atoms with Crippen LogP contribution in [0.25, 0.3) is 22.8 Å². The number of aromatic nitrogens is 2. The van der Waals surface area contributed by atoms with Crippen LogP contribution in [0.5, 0.6) is 0 Å². The van der Waals surface area contributed by atoms with Crippen LogP contribution in [0.3, 0.4) is 0 Å². The van der Waals surface area contributed by atoms with Crippen molar-refractivity contribution in [1.29, 1.82) is 0 Å². The maximum absolute atomic E-state index is 5.98. The fourth-order valence-corrected chi connectivity index (χ4v) is 2.36. The predicted molar refractivity (Wildman–Crippen MR) is 87.0 cm³/mol. The number of nitrogen functional groups attached to an aromatic ring is 1. The first-order valence-electron chi connectivity index (χ1n) is 6.20. The molecule has 0 saturated heterocycles. The molecule has 3 aromatic rings. The van der Waals surface area contributed by atoms with Crippen LogP contribution in [0.1, 0.15) is 5.56 Å². The van der Waals surface area contributed by atoms with E-state index in [-0.39, 0.29) is 0 Å². The number of hydrogen-bond acceptors (Lipinski definition) is 4. The van der Waals surface area contributed by atoms with Crippen molar-refractivity contribution < 1.29 is 4.52 Å². The molecule has 0 unspecified atom stereocenters. The minimum Gasteiger partial charge on any atom is -0.398 e. The number of halogens is 2. The van der Waals surface area contributed by atoms with E-state index < -0.39 is 0 Å². The number of anilines is 1. The van der Waals surface area contributed by atoms with E-state index in [1.165, 1.54) is 0 Å². The number of nitrogens with zero attached hydrogens (tertiary/aromatic N) is 2. The summed E-state index contributed by atoms with van der Waals surface area (Å²) in [6, 6.07) is 11.1. The topological polar surface area (TPSA) is 64.9 Å². The van der Waals surface area contributed by atoms with Gasteiger partial charge in [0.15, 0.2) is 0 Å². The molecule has 0 bridgehead atoms. The third kappa shape index (κ3) is 2.80. The van der Waals surface area contributed by atoms with Crippen LogP contribution >= 0.6 is 27.5 Å². The Kier molecular flexibility index (Phi) is 3.69. The molecule has 3 rings (SSSR count). The summed E-state index contributed by atoms with van der Waals surface area (Å²) >= 11 is 9.35. The van der Waals surface area contributed by atoms with Crippen molar-refractivity contribution >= 4 is 33.2 Å². The van der Waals surface area contributed by atoms with Crippen LogP contribution in [0.4, 0.5) is 5.69 Å². The van der Waals surface area contributed by atoms with Gasteiger partial charge in [-0.05, 0) is 58.7 Å². The van der Waals surface area contributed by atoms with Gasteiger partial charge in [0.25, 0.3) is 5.89 Å². The average Bonchev–Trinajstić information content (AvgIpc) is 2.94. The van der Waals surface area contributed by atoms with E-state index in [1.54, 1.807) is 6.07 Å². The Bertz CT molecular complexity index is 750. The summed E-state index contributed by atoms with van der Waals surface area (Å²) in [5.74, 6) is 0.935. The molecule has 4 nitrogen and oxygen atoms in total. The fourth-order valence-electron chi connectivity index (χ4n) is 1.87. The quantitative estimate of drug-likeness (QED) is 0.669. The number of benzene rings is 2. The first-order chi connectivity index (χ1) is 10.0. The second kappa shape index (κ2) is 5.50. The molecule has 106 valence electrons. The number of aryl methyl sites for hydroxylation is 1. The summed E-state index contributed by atoms with van der Waals surface area (Å²) in [5, 5.41) is 4.63. The van der Waals surface area contributed by atoms with Crippen molar-refractivity contribution in [3.05, 3.63) is 51.5 Å². The van der Waals surface area contributed by atoms with E-state index in [4.69, 9.17) is 21.9 Å². The maximum Gasteiger partial charge on any atom is 0.258 e. The Balaban J connectivity index is 1.99. The lowest BCUT2D eigenvalue weighted by molar-refractivity contribution is 0.432. The van der Waals surface area contributed by atoms with Crippen LogP contribution in [-0.4, -0.2) is 10.1 Å². The van der Waals surface area contributed by atoms with Gasteiger partial charge >= 0.3 is 0 Å². The fraction of sp³-hybridized carbons (Fsp3) is 0.0667. The van der Waals surface area contributed by atoms with E-state index >= 15 is 0 Å². The second-order valence-electron chi connectivity index (χ2n) is 4.62. The Morgan fingerprint density at radius 3 is 2.62 bits per heavy atom. The molecule has 0 amide bonds. The van der Waals surface area contributed by atoms with Crippen molar-refractivity contribution in [3.8, 4) is 22.8 Å². The third-order valence-electron chi connectivity index (χ3n) is 3.13. The lowest BCUT2D eigenvalue weighted by atomic mass is 10.1. The highest BCUT2D eigenvalue weighted by molar-refractivity contribution is 9.10. The largest absolute Gasteiger partial charge is 0.398 e. The normalized spacial score (nSPS) is 10.8. The summed E-state index contributed by atoms with van der Waals surface area (Å²) in [6.07, 6.45) is 0. The van der Waals surface area contributed by atoms with E-state index in [1.807, 2.05) is 37.3 Å². The maximum atomic E-state index is 5.98. The van der Waals surface area contributed by atoms with Gasteiger partial charge in [0.05, 0.1) is 5.02 Å². The van der Waals surface area contributed by atoms with E-state index in [0.29, 0.717) is 22.4 Å². The molecule has 1 aromatic heterocycles. The molecular weight excluding hydrogens is 354 g/mol. The molecule has 0 aliphatic heterocycles. The van der Waals surface area contributed by atoms with E-state index in [0.717, 1.165) is 21.2 Å². The average molecular weight is 365 g/mol. The molecule has 2 N–H and O–H groups in total. The van der Waals surface area contributed by atoms with Crippen molar-refractivity contribution in [2.24, 2.45) is 0 Å². The summed E-state index contributed by atoms with van der Waals surface area (Å²) in [7, 11) is 0. The van der Waals surface area contributed by atoms with Crippen LogP contribution in [0.2, 0.25) is 5.02 Å². The highest BCUT2D eigenvalue weighted by atomic mass is 79.9. The summed E-state index contributed by atoms with van der Waals surface area (Å²) in [5.41, 5.74) is 9.23. The van der Waals surface area contributed by atoms with Gasteiger partial charge in [0.2, 0.25) is 5.82 Å². The van der Waals surface area contributed by atoms with E-state index in [2.05, 4.69) is 26.1 Å². The Hall–Kier alpha value is -1.85. The molecule has 21 heavy (non-hydrogen) atoms. The summed E-state index contributed by atoms with van der Waals surface area (Å²) in [4.78, 5) is 4.40. The molecule has 6 heteroatoms. The van der Waals surface area contributed by atoms with Gasteiger partial charge in [0.1, 0.15) is 0 Å². The highest BCUT2D eigenvalue weighted by Crippen LogP contribution is 2.29. The molecule has 0 fully saturated rings. The van der Waals surface area contributed by atoms with Crippen LogP contribution in [0, 0.1) is 6.92 Å². The number of rotatable bonds is 2. The zero-order valence-electron chi connectivity index (χ0n) is 11.1. The third-order valence-corrected chi connectivity index (χ3v) is 4.34. The van der Waals surface area contributed by atoms with Gasteiger partial charge in [-0.1, -0.05) is 22.8 Å². The van der Waals surface area contributed by atoms with Crippen molar-refractivity contribution in [3.63, 3.8) is 0 Å². The van der Waals surface area contributed by atoms with Gasteiger partial charge in [0, 0.05) is 21.3 Å². The van der Waals surface area contributed by atoms with Crippen molar-refractivity contribution in [1.82, 2.24) is 10.1 Å². The standard InChI is InChI=1S/C15H11BrClN3O/c1-8-2-3-10(7-13(8)18)15-19-14(20-21-15)9-4-5-12(17)11(16)6-9/h2-7H,18H2,1H3. The molecular formula is C15H11BrClN3O. The molecule has 2 aromatic carbocycles. The van der Waals surface area contributed by atoms with Gasteiger partial charge in [-0.3, -0.25) is 0 Å². The zero-order chi connectivity index (χ0) is 15.0. The Morgan fingerprint density at radius 2 is 1.90 bits per heavy atom. The first kappa shape index (κ1) is 14.1. The van der Waals surface area contributed by atoms with Crippen molar-refractivity contribution in [2.45, 2.75) is 6.92 Å². The molecule has 0 saturated carbocycles. The lowest BCUT2D eigenvalue weighted by Crippen LogP contribution is -1.90. The van der Waals surface area contributed by atoms with Crippen LogP contribution in [0.15, 0.2) is 45.4 Å². The smallest absolute Gasteiger partial charge is 0.258 e. The molecule has 0 aliphatic carbocycles. The summed E-state index contributed by atoms with van der Waals surface area (Å²) in [6.45, 7) is 1.95. The van der Waals surface area contributed by atoms with Crippen LogP contribution < -0.4 is 5.73 Å². The molecule has 0 radical (unpaired) electrons. The second-order valence-corrected chi connectivity index (χ2v) is 5.88. The number of hydrogen-bond donors (Lipinski definition) is 1. The number of nitrogens with two attached hydrogens (primary N) is 1. The minimum atomic E-state index is 0.433. The SMILES string of the molecule is Cc1ccc(-c2nc(-c3ccc(Cl)c(Br)c3)no2)cc1N. The molecule has 0 aliphatic rings. The lowest BCUT2D eigenvalue weighted by Gasteiger charge is -2.00. The molecule has 0 spiro atoms. The monoisotopic (exact) mass is 363 g/mol. The highest BCUT2D eigenvalue weighted by Gasteiger charge is 2.12. The van der Waals surface area contributed by atoms with Crippen LogP contribution in [-0.2, 0) is 0 Å². The van der Waals surface area contributed by atoms with Gasteiger partial charge in [-0.15, -0.1) is 0 Å². The Morgan fingerprint density at radius 1 is 1.14 bits per heavy atom. The minimum absolute atomic E-state index is 0.433. The van der Waals surface area contributed by atoms with Crippen molar-refractivity contribution in [2.75, 3.05) is 5.73 Å². The Labute approximate surface area is 135 Å². The first-order valence-corrected chi connectivity index (χ1v) is 7.37.